The Labute approximate surface area is 220 Å². The number of benzene rings is 1. The molecule has 0 radical (unpaired) electrons. The first-order valence-corrected chi connectivity index (χ1v) is 12.5. The Hall–Kier alpha value is -3.66. The minimum Gasteiger partial charge on any atom is -0.444 e. The number of fused-ring (bicyclic) bond motifs is 1. The highest BCUT2D eigenvalue weighted by molar-refractivity contribution is 6.34. The van der Waals surface area contributed by atoms with Gasteiger partial charge >= 0.3 is 6.09 Å². The van der Waals surface area contributed by atoms with E-state index in [1.807, 2.05) is 30.3 Å². The minimum atomic E-state index is -0.821. The van der Waals surface area contributed by atoms with Crippen molar-refractivity contribution in [3.05, 3.63) is 58.9 Å². The van der Waals surface area contributed by atoms with E-state index in [9.17, 15) is 14.4 Å². The van der Waals surface area contributed by atoms with Crippen molar-refractivity contribution in [2.24, 2.45) is 0 Å². The van der Waals surface area contributed by atoms with Crippen LogP contribution < -0.4 is 10.6 Å². The van der Waals surface area contributed by atoms with E-state index in [1.54, 1.807) is 40.0 Å². The van der Waals surface area contributed by atoms with E-state index in [-0.39, 0.29) is 18.4 Å². The number of nitrogens with one attached hydrogen (secondary N) is 3. The molecule has 0 spiro atoms. The van der Waals surface area contributed by atoms with Crippen LogP contribution in [0.2, 0.25) is 5.15 Å². The Kier molecular flexibility index (Phi) is 7.68. The minimum absolute atomic E-state index is 0.0224. The van der Waals surface area contributed by atoms with Gasteiger partial charge in [-0.1, -0.05) is 41.9 Å². The Balaban J connectivity index is 1.40. The molecule has 1 aliphatic rings. The summed E-state index contributed by atoms with van der Waals surface area (Å²) in [5.41, 5.74) is 1.57. The Morgan fingerprint density at radius 2 is 1.97 bits per heavy atom. The molecule has 0 bridgehead atoms. The molecule has 3 amide bonds. The van der Waals surface area contributed by atoms with E-state index in [4.69, 9.17) is 16.3 Å². The number of hydrogen-bond donors (Lipinski definition) is 3. The van der Waals surface area contributed by atoms with Crippen LogP contribution in [0.3, 0.4) is 0 Å². The molecule has 3 heterocycles. The quantitative estimate of drug-likeness (QED) is 0.450. The first-order valence-electron chi connectivity index (χ1n) is 12.1. The van der Waals surface area contributed by atoms with Crippen LogP contribution in [0.1, 0.15) is 51.2 Å². The van der Waals surface area contributed by atoms with Gasteiger partial charge in [-0.2, -0.15) is 5.10 Å². The normalized spacial score (nSPS) is 18.5. The van der Waals surface area contributed by atoms with Crippen LogP contribution >= 0.6 is 11.6 Å². The van der Waals surface area contributed by atoms with Gasteiger partial charge in [0.15, 0.2) is 5.65 Å². The lowest BCUT2D eigenvalue weighted by molar-refractivity contribution is -0.131. The topological polar surface area (TPSA) is 129 Å². The zero-order chi connectivity index (χ0) is 26.7. The predicted molar refractivity (Wildman–Crippen MR) is 139 cm³/mol. The molecule has 1 aromatic carbocycles. The van der Waals surface area contributed by atoms with Gasteiger partial charge in [0.2, 0.25) is 11.8 Å². The highest BCUT2D eigenvalue weighted by atomic mass is 35.5. The number of aromatic nitrogens is 3. The van der Waals surface area contributed by atoms with Crippen LogP contribution in [0.4, 0.5) is 4.79 Å². The summed E-state index contributed by atoms with van der Waals surface area (Å²) in [6.07, 6.45) is 1.48. The molecule has 0 saturated carbocycles. The molecule has 11 heteroatoms. The SMILES string of the molecule is CC(NC(=O)[C@H]1CC(c2ccccc2)CN1C(=O)OC(C)(C)C)C(=O)NCc1cnc2n[nH]c(Cl)c2c1. The van der Waals surface area contributed by atoms with Crippen LogP contribution in [0.15, 0.2) is 42.6 Å². The highest BCUT2D eigenvalue weighted by Gasteiger charge is 2.42. The summed E-state index contributed by atoms with van der Waals surface area (Å²) in [7, 11) is 0. The van der Waals surface area contributed by atoms with Gasteiger partial charge in [-0.3, -0.25) is 19.6 Å². The summed E-state index contributed by atoms with van der Waals surface area (Å²) in [4.78, 5) is 44.6. The third-order valence-corrected chi connectivity index (χ3v) is 6.43. The molecule has 4 rings (SSSR count). The number of pyridine rings is 1. The van der Waals surface area contributed by atoms with Crippen LogP contribution in [0.25, 0.3) is 11.0 Å². The van der Waals surface area contributed by atoms with E-state index in [1.165, 1.54) is 4.90 Å². The summed E-state index contributed by atoms with van der Waals surface area (Å²) in [6.45, 7) is 7.50. The van der Waals surface area contributed by atoms with E-state index < -0.39 is 29.7 Å². The van der Waals surface area contributed by atoms with Gasteiger partial charge in [-0.15, -0.1) is 0 Å². The van der Waals surface area contributed by atoms with Crippen LogP contribution in [0.5, 0.6) is 0 Å². The fraction of sp³-hybridized carbons (Fsp3) is 0.423. The molecule has 1 aliphatic heterocycles. The standard InChI is InChI=1S/C26H31ClN6O4/c1-15(23(34)29-13-16-10-19-21(27)31-32-22(19)28-12-16)30-24(35)20-11-18(17-8-6-5-7-9-17)14-33(20)25(36)37-26(2,3)4/h5-10,12,15,18,20H,11,13-14H2,1-4H3,(H,29,34)(H,30,35)(H,28,31,32)/t15?,18?,20-/m1/s1. The van der Waals surface area contributed by atoms with Crippen molar-refractivity contribution in [3.63, 3.8) is 0 Å². The number of hydrogen-bond acceptors (Lipinski definition) is 6. The van der Waals surface area contributed by atoms with Crippen molar-refractivity contribution in [1.29, 1.82) is 0 Å². The van der Waals surface area contributed by atoms with Crippen molar-refractivity contribution >= 4 is 40.5 Å². The molecule has 0 aliphatic carbocycles. The molecule has 2 unspecified atom stereocenters. The zero-order valence-corrected chi connectivity index (χ0v) is 22.0. The zero-order valence-electron chi connectivity index (χ0n) is 21.2. The molecular formula is C26H31ClN6O4. The fourth-order valence-corrected chi connectivity index (χ4v) is 4.48. The lowest BCUT2D eigenvalue weighted by atomic mass is 9.96. The maximum atomic E-state index is 13.3. The van der Waals surface area contributed by atoms with Gasteiger partial charge in [0.1, 0.15) is 22.8 Å². The average molecular weight is 527 g/mol. The maximum Gasteiger partial charge on any atom is 0.410 e. The Morgan fingerprint density at radius 3 is 2.68 bits per heavy atom. The van der Waals surface area contributed by atoms with Gasteiger partial charge in [-0.25, -0.2) is 9.78 Å². The number of nitrogens with zero attached hydrogens (tertiary/aromatic N) is 3. The molecule has 10 nitrogen and oxygen atoms in total. The third kappa shape index (κ3) is 6.37. The first-order chi connectivity index (χ1) is 17.5. The van der Waals surface area contributed by atoms with Gasteiger partial charge in [0.25, 0.3) is 0 Å². The number of carbonyl (C=O) groups is 3. The molecule has 1 fully saturated rings. The Morgan fingerprint density at radius 1 is 1.24 bits per heavy atom. The van der Waals surface area contributed by atoms with Gasteiger partial charge in [-0.05, 0) is 51.3 Å². The van der Waals surface area contributed by atoms with Gasteiger partial charge < -0.3 is 15.4 Å². The van der Waals surface area contributed by atoms with Gasteiger partial charge in [0, 0.05) is 25.2 Å². The summed E-state index contributed by atoms with van der Waals surface area (Å²) >= 11 is 6.07. The largest absolute Gasteiger partial charge is 0.444 e. The maximum absolute atomic E-state index is 13.3. The number of amides is 3. The Bertz CT molecular complexity index is 1290. The summed E-state index contributed by atoms with van der Waals surface area (Å²) in [5, 5.41) is 13.2. The number of halogens is 1. The molecule has 196 valence electrons. The lowest BCUT2D eigenvalue weighted by Crippen LogP contribution is -2.52. The number of carbonyl (C=O) groups excluding carboxylic acids is 3. The van der Waals surface area contributed by atoms with Crippen molar-refractivity contribution in [2.45, 2.75) is 64.3 Å². The van der Waals surface area contributed by atoms with E-state index in [0.29, 0.717) is 29.2 Å². The fourth-order valence-electron chi connectivity index (χ4n) is 4.30. The molecule has 37 heavy (non-hydrogen) atoms. The molecule has 3 N–H and O–H groups in total. The van der Waals surface area contributed by atoms with Crippen molar-refractivity contribution in [2.75, 3.05) is 6.54 Å². The van der Waals surface area contributed by atoms with Gasteiger partial charge in [0.05, 0.1) is 5.39 Å². The summed E-state index contributed by atoms with van der Waals surface area (Å²) in [6, 6.07) is 9.96. The number of H-pyrrole nitrogens is 1. The monoisotopic (exact) mass is 526 g/mol. The van der Waals surface area contributed by atoms with Crippen molar-refractivity contribution < 1.29 is 19.1 Å². The van der Waals surface area contributed by atoms with Crippen molar-refractivity contribution in [3.8, 4) is 0 Å². The second kappa shape index (κ2) is 10.8. The molecular weight excluding hydrogens is 496 g/mol. The van der Waals surface area contributed by atoms with Crippen LogP contribution in [-0.4, -0.2) is 62.2 Å². The van der Waals surface area contributed by atoms with Crippen molar-refractivity contribution in [1.82, 2.24) is 30.7 Å². The summed E-state index contributed by atoms with van der Waals surface area (Å²) in [5.74, 6) is -0.792. The third-order valence-electron chi connectivity index (χ3n) is 6.14. The first kappa shape index (κ1) is 26.4. The number of aromatic amines is 1. The van der Waals surface area contributed by atoms with Crippen LogP contribution in [-0.2, 0) is 20.9 Å². The molecule has 3 aromatic rings. The number of rotatable bonds is 6. The number of likely N-dealkylation sites (tertiary alicyclic amines) is 1. The number of ether oxygens (including phenoxy) is 1. The van der Waals surface area contributed by atoms with E-state index >= 15 is 0 Å². The highest BCUT2D eigenvalue weighted by Crippen LogP contribution is 2.33. The van der Waals surface area contributed by atoms with E-state index in [2.05, 4.69) is 25.8 Å². The molecule has 1 saturated heterocycles. The lowest BCUT2D eigenvalue weighted by Gasteiger charge is -2.28. The summed E-state index contributed by atoms with van der Waals surface area (Å²) < 4.78 is 5.57. The molecule has 2 aromatic heterocycles. The smallest absolute Gasteiger partial charge is 0.410 e. The predicted octanol–water partition coefficient (Wildman–Crippen LogP) is 3.53. The second-order valence-electron chi connectivity index (χ2n) is 10.2. The second-order valence-corrected chi connectivity index (χ2v) is 10.6. The van der Waals surface area contributed by atoms with Crippen LogP contribution in [0, 0.1) is 0 Å². The average Bonchev–Trinajstić information content (AvgIpc) is 3.46. The van der Waals surface area contributed by atoms with E-state index in [0.717, 1.165) is 11.1 Å². The molecule has 3 atom stereocenters.